The molecule has 0 heterocycles. The third-order valence-electron chi connectivity index (χ3n) is 2.10. The number of hydrogen-bond donors (Lipinski definition) is 0. The predicted octanol–water partition coefficient (Wildman–Crippen LogP) is 3.65. The van der Waals surface area contributed by atoms with Gasteiger partial charge in [-0.3, -0.25) is 4.79 Å². The summed E-state index contributed by atoms with van der Waals surface area (Å²) >= 11 is 3.11. The Morgan fingerprint density at radius 1 is 1.44 bits per heavy atom. The lowest BCUT2D eigenvalue weighted by atomic mass is 10.1. The van der Waals surface area contributed by atoms with Crippen LogP contribution in [0, 0.1) is 0 Å². The average Bonchev–Trinajstić information content (AvgIpc) is 2.29. The lowest BCUT2D eigenvalue weighted by Crippen LogP contribution is -2.14. The van der Waals surface area contributed by atoms with E-state index in [0.29, 0.717) is 12.4 Å². The first-order chi connectivity index (χ1) is 8.45. The number of Topliss-reactive ketones (excluding diaryl/α,β-unsaturated/α-hetero) is 1. The van der Waals surface area contributed by atoms with E-state index in [2.05, 4.69) is 20.7 Å². The molecule has 3 nitrogen and oxygen atoms in total. The highest BCUT2D eigenvalue weighted by Crippen LogP contribution is 2.28. The Labute approximate surface area is 112 Å². The standard InChI is InChI=1S/C12H13BrF2O3/c1-3-17-8-4-5-10(18-12(14)15)9(6-8)11(16)7(2)13/h4-7,12H,3H2,1-2H3. The van der Waals surface area contributed by atoms with Gasteiger partial charge in [0.1, 0.15) is 11.5 Å². The maximum absolute atomic E-state index is 12.2. The van der Waals surface area contributed by atoms with Crippen molar-refractivity contribution in [3.05, 3.63) is 23.8 Å². The van der Waals surface area contributed by atoms with E-state index in [1.165, 1.54) is 18.2 Å². The molecular formula is C12H13BrF2O3. The Kier molecular flexibility index (Phi) is 5.53. The van der Waals surface area contributed by atoms with Crippen molar-refractivity contribution in [2.24, 2.45) is 0 Å². The van der Waals surface area contributed by atoms with Crippen LogP contribution in [0.3, 0.4) is 0 Å². The van der Waals surface area contributed by atoms with Crippen LogP contribution in [0.2, 0.25) is 0 Å². The smallest absolute Gasteiger partial charge is 0.387 e. The number of ketones is 1. The largest absolute Gasteiger partial charge is 0.494 e. The van der Waals surface area contributed by atoms with E-state index in [1.807, 2.05) is 0 Å². The van der Waals surface area contributed by atoms with E-state index in [4.69, 9.17) is 4.74 Å². The normalized spacial score (nSPS) is 12.3. The molecule has 1 aromatic carbocycles. The number of halogens is 3. The van der Waals surface area contributed by atoms with Crippen LogP contribution in [-0.4, -0.2) is 23.8 Å². The summed E-state index contributed by atoms with van der Waals surface area (Å²) in [4.78, 5) is 11.4. The van der Waals surface area contributed by atoms with E-state index in [-0.39, 0.29) is 17.1 Å². The topological polar surface area (TPSA) is 35.5 Å². The summed E-state index contributed by atoms with van der Waals surface area (Å²) in [5, 5.41) is 0. The highest BCUT2D eigenvalue weighted by molar-refractivity contribution is 9.10. The van der Waals surface area contributed by atoms with Gasteiger partial charge in [0.2, 0.25) is 0 Å². The van der Waals surface area contributed by atoms with Gasteiger partial charge >= 0.3 is 6.61 Å². The summed E-state index contributed by atoms with van der Waals surface area (Å²) in [6.45, 7) is 0.854. The Morgan fingerprint density at radius 3 is 2.61 bits per heavy atom. The fourth-order valence-electron chi connectivity index (χ4n) is 1.37. The zero-order valence-electron chi connectivity index (χ0n) is 9.95. The molecule has 0 N–H and O–H groups in total. The Hall–Kier alpha value is -1.17. The number of rotatable bonds is 6. The molecule has 0 aromatic heterocycles. The fourth-order valence-corrected chi connectivity index (χ4v) is 1.62. The van der Waals surface area contributed by atoms with Crippen molar-refractivity contribution in [1.82, 2.24) is 0 Å². The molecule has 1 atom stereocenters. The second-order valence-electron chi connectivity index (χ2n) is 3.45. The summed E-state index contributed by atoms with van der Waals surface area (Å²) < 4.78 is 34.0. The lowest BCUT2D eigenvalue weighted by Gasteiger charge is -2.13. The van der Waals surface area contributed by atoms with E-state index in [0.717, 1.165) is 0 Å². The fraction of sp³-hybridized carbons (Fsp3) is 0.417. The average molecular weight is 323 g/mol. The summed E-state index contributed by atoms with van der Waals surface area (Å²) in [6.07, 6.45) is 0. The molecule has 1 aromatic rings. The first kappa shape index (κ1) is 14.9. The van der Waals surface area contributed by atoms with Crippen LogP contribution >= 0.6 is 15.9 Å². The molecule has 0 aliphatic heterocycles. The summed E-state index contributed by atoms with van der Waals surface area (Å²) in [7, 11) is 0. The van der Waals surface area contributed by atoms with Crippen LogP contribution < -0.4 is 9.47 Å². The number of alkyl halides is 3. The van der Waals surface area contributed by atoms with Gasteiger partial charge < -0.3 is 9.47 Å². The molecule has 100 valence electrons. The lowest BCUT2D eigenvalue weighted by molar-refractivity contribution is -0.0501. The number of hydrogen-bond acceptors (Lipinski definition) is 3. The molecule has 0 bridgehead atoms. The molecule has 1 rings (SSSR count). The van der Waals surface area contributed by atoms with Gasteiger partial charge in [-0.1, -0.05) is 15.9 Å². The van der Waals surface area contributed by atoms with E-state index < -0.39 is 11.4 Å². The van der Waals surface area contributed by atoms with Gasteiger partial charge in [-0.15, -0.1) is 0 Å². The molecule has 0 spiro atoms. The van der Waals surface area contributed by atoms with Crippen LogP contribution in [0.1, 0.15) is 24.2 Å². The maximum Gasteiger partial charge on any atom is 0.387 e. The zero-order chi connectivity index (χ0) is 13.7. The van der Waals surface area contributed by atoms with E-state index >= 15 is 0 Å². The van der Waals surface area contributed by atoms with Crippen LogP contribution in [0.15, 0.2) is 18.2 Å². The van der Waals surface area contributed by atoms with Crippen LogP contribution in [0.4, 0.5) is 8.78 Å². The first-order valence-electron chi connectivity index (χ1n) is 5.35. The van der Waals surface area contributed by atoms with Crippen molar-refractivity contribution < 1.29 is 23.0 Å². The molecule has 0 radical (unpaired) electrons. The maximum atomic E-state index is 12.2. The highest BCUT2D eigenvalue weighted by Gasteiger charge is 2.20. The van der Waals surface area contributed by atoms with Gasteiger partial charge in [-0.2, -0.15) is 8.78 Å². The van der Waals surface area contributed by atoms with Crippen LogP contribution in [0.5, 0.6) is 11.5 Å². The Morgan fingerprint density at radius 2 is 2.11 bits per heavy atom. The van der Waals surface area contributed by atoms with Crippen LogP contribution in [-0.2, 0) is 0 Å². The van der Waals surface area contributed by atoms with Gasteiger partial charge in [0.05, 0.1) is 17.0 Å². The molecule has 0 saturated heterocycles. The van der Waals surface area contributed by atoms with Crippen molar-refractivity contribution in [3.8, 4) is 11.5 Å². The van der Waals surface area contributed by atoms with Gasteiger partial charge in [0, 0.05) is 0 Å². The van der Waals surface area contributed by atoms with Crippen molar-refractivity contribution in [2.75, 3.05) is 6.61 Å². The highest BCUT2D eigenvalue weighted by atomic mass is 79.9. The number of ether oxygens (including phenoxy) is 2. The Balaban J connectivity index is 3.13. The number of carbonyl (C=O) groups excluding carboxylic acids is 1. The monoisotopic (exact) mass is 322 g/mol. The van der Waals surface area contributed by atoms with Crippen molar-refractivity contribution in [3.63, 3.8) is 0 Å². The summed E-state index contributed by atoms with van der Waals surface area (Å²) in [5.41, 5.74) is 0.0747. The molecule has 0 saturated carbocycles. The molecule has 0 aliphatic carbocycles. The second-order valence-corrected chi connectivity index (χ2v) is 4.82. The van der Waals surface area contributed by atoms with Gasteiger partial charge in [0.15, 0.2) is 5.78 Å². The molecule has 18 heavy (non-hydrogen) atoms. The van der Waals surface area contributed by atoms with Crippen LogP contribution in [0.25, 0.3) is 0 Å². The third kappa shape index (κ3) is 3.94. The van der Waals surface area contributed by atoms with Crippen molar-refractivity contribution >= 4 is 21.7 Å². The van der Waals surface area contributed by atoms with Crippen molar-refractivity contribution in [2.45, 2.75) is 25.3 Å². The molecule has 0 amide bonds. The van der Waals surface area contributed by atoms with Gasteiger partial charge in [0.25, 0.3) is 0 Å². The molecule has 0 fully saturated rings. The SMILES string of the molecule is CCOc1ccc(OC(F)F)c(C(=O)C(C)Br)c1. The van der Waals surface area contributed by atoms with E-state index in [9.17, 15) is 13.6 Å². The molecule has 6 heteroatoms. The molecule has 1 unspecified atom stereocenters. The minimum atomic E-state index is -2.97. The van der Waals surface area contributed by atoms with Crippen molar-refractivity contribution in [1.29, 1.82) is 0 Å². The first-order valence-corrected chi connectivity index (χ1v) is 6.27. The molecular weight excluding hydrogens is 310 g/mol. The van der Waals surface area contributed by atoms with Gasteiger partial charge in [-0.25, -0.2) is 0 Å². The molecule has 0 aliphatic rings. The minimum Gasteiger partial charge on any atom is -0.494 e. The summed E-state index contributed by atoms with van der Waals surface area (Å²) in [6, 6.07) is 4.19. The zero-order valence-corrected chi connectivity index (χ0v) is 11.5. The third-order valence-corrected chi connectivity index (χ3v) is 2.52. The predicted molar refractivity (Wildman–Crippen MR) is 67.0 cm³/mol. The number of benzene rings is 1. The summed E-state index contributed by atoms with van der Waals surface area (Å²) in [5.74, 6) is -0.0485. The van der Waals surface area contributed by atoms with Gasteiger partial charge in [-0.05, 0) is 32.0 Å². The minimum absolute atomic E-state index is 0.0747. The quantitative estimate of drug-likeness (QED) is 0.592. The van der Waals surface area contributed by atoms with E-state index in [1.54, 1.807) is 13.8 Å². The second kappa shape index (κ2) is 6.68. The number of carbonyl (C=O) groups is 1. The Bertz CT molecular complexity index is 422.